The summed E-state index contributed by atoms with van der Waals surface area (Å²) in [6.07, 6.45) is 2.40. The van der Waals surface area contributed by atoms with Gasteiger partial charge in [-0.05, 0) is 24.8 Å². The van der Waals surface area contributed by atoms with Gasteiger partial charge in [0.2, 0.25) is 0 Å². The van der Waals surface area contributed by atoms with Gasteiger partial charge in [-0.2, -0.15) is 0 Å². The van der Waals surface area contributed by atoms with Crippen molar-refractivity contribution in [2.24, 2.45) is 11.8 Å². The highest BCUT2D eigenvalue weighted by Gasteiger charge is 2.27. The van der Waals surface area contributed by atoms with Gasteiger partial charge in [-0.25, -0.2) is 0 Å². The van der Waals surface area contributed by atoms with Crippen LogP contribution < -0.4 is 5.32 Å². The Morgan fingerprint density at radius 1 is 1.44 bits per heavy atom. The van der Waals surface area contributed by atoms with Gasteiger partial charge >= 0.3 is 5.97 Å². The molecule has 2 atom stereocenters. The lowest BCUT2D eigenvalue weighted by molar-refractivity contribution is -0.142. The quantitative estimate of drug-likeness (QED) is 0.731. The monoisotopic (exact) mass is 256 g/mol. The van der Waals surface area contributed by atoms with E-state index in [1.54, 1.807) is 0 Å². The lowest BCUT2D eigenvalue weighted by Crippen LogP contribution is -2.51. The first-order chi connectivity index (χ1) is 8.55. The lowest BCUT2D eigenvalue weighted by Gasteiger charge is -2.37. The highest BCUT2D eigenvalue weighted by Crippen LogP contribution is 2.19. The first kappa shape index (κ1) is 15.4. The third-order valence-corrected chi connectivity index (χ3v) is 3.59. The number of hydrogen-bond donors (Lipinski definition) is 1. The number of rotatable bonds is 6. The van der Waals surface area contributed by atoms with E-state index in [4.69, 9.17) is 4.74 Å². The van der Waals surface area contributed by atoms with Gasteiger partial charge in [-0.1, -0.05) is 27.2 Å². The van der Waals surface area contributed by atoms with Gasteiger partial charge in [0.15, 0.2) is 0 Å². The van der Waals surface area contributed by atoms with Crippen molar-refractivity contribution in [2.45, 2.75) is 39.7 Å². The number of nitrogens with one attached hydrogen (secondary N) is 1. The number of carbonyl (C=O) groups is 1. The van der Waals surface area contributed by atoms with E-state index in [0.717, 1.165) is 19.6 Å². The van der Waals surface area contributed by atoms with Crippen LogP contribution in [0.2, 0.25) is 0 Å². The summed E-state index contributed by atoms with van der Waals surface area (Å²) in [4.78, 5) is 13.6. The van der Waals surface area contributed by atoms with E-state index in [9.17, 15) is 4.79 Å². The van der Waals surface area contributed by atoms with E-state index < -0.39 is 0 Å². The molecule has 106 valence electrons. The van der Waals surface area contributed by atoms with Gasteiger partial charge in [0.1, 0.15) is 0 Å². The topological polar surface area (TPSA) is 41.6 Å². The third-order valence-electron chi connectivity index (χ3n) is 3.59. The van der Waals surface area contributed by atoms with Crippen LogP contribution >= 0.6 is 0 Å². The van der Waals surface area contributed by atoms with Crippen molar-refractivity contribution in [1.82, 2.24) is 10.2 Å². The van der Waals surface area contributed by atoms with Crippen molar-refractivity contribution in [3.63, 3.8) is 0 Å². The van der Waals surface area contributed by atoms with E-state index in [1.165, 1.54) is 20.0 Å². The van der Waals surface area contributed by atoms with Crippen LogP contribution in [-0.2, 0) is 9.53 Å². The SMILES string of the molecule is CCC1CC(NCC(C)C)CN(CC(=O)OC)C1. The Hall–Kier alpha value is -0.610. The number of hydrogen-bond acceptors (Lipinski definition) is 4. The molecule has 0 amide bonds. The summed E-state index contributed by atoms with van der Waals surface area (Å²) in [7, 11) is 1.46. The van der Waals surface area contributed by atoms with Crippen molar-refractivity contribution in [2.75, 3.05) is 33.3 Å². The molecule has 0 bridgehead atoms. The van der Waals surface area contributed by atoms with Crippen molar-refractivity contribution >= 4 is 5.97 Å². The molecular formula is C14H28N2O2. The first-order valence-corrected chi connectivity index (χ1v) is 7.07. The second-order valence-electron chi connectivity index (χ2n) is 5.78. The number of piperidine rings is 1. The minimum atomic E-state index is -0.130. The first-order valence-electron chi connectivity index (χ1n) is 7.07. The third kappa shape index (κ3) is 5.36. The minimum Gasteiger partial charge on any atom is -0.468 e. The van der Waals surface area contributed by atoms with Crippen LogP contribution in [0.4, 0.5) is 0 Å². The zero-order chi connectivity index (χ0) is 13.5. The summed E-state index contributed by atoms with van der Waals surface area (Å²) in [5.41, 5.74) is 0. The number of likely N-dealkylation sites (tertiary alicyclic amines) is 1. The van der Waals surface area contributed by atoms with E-state index in [0.29, 0.717) is 24.4 Å². The van der Waals surface area contributed by atoms with Crippen LogP contribution in [0.15, 0.2) is 0 Å². The van der Waals surface area contributed by atoms with Crippen LogP contribution in [0.3, 0.4) is 0 Å². The normalized spacial score (nSPS) is 25.4. The summed E-state index contributed by atoms with van der Waals surface area (Å²) in [5.74, 6) is 1.23. The standard InChI is InChI=1S/C14H28N2O2/c1-5-12-6-13(15-7-11(2)3)9-16(8-12)10-14(17)18-4/h11-13,15H,5-10H2,1-4H3. The number of esters is 1. The Labute approximate surface area is 111 Å². The maximum atomic E-state index is 11.4. The van der Waals surface area contributed by atoms with E-state index >= 15 is 0 Å². The van der Waals surface area contributed by atoms with Crippen LogP contribution in [0.25, 0.3) is 0 Å². The molecule has 0 aromatic carbocycles. The average Bonchev–Trinajstić information content (AvgIpc) is 2.35. The van der Waals surface area contributed by atoms with Crippen molar-refractivity contribution < 1.29 is 9.53 Å². The molecule has 4 heteroatoms. The zero-order valence-electron chi connectivity index (χ0n) is 12.2. The summed E-state index contributed by atoms with van der Waals surface area (Å²) in [5, 5.41) is 3.61. The van der Waals surface area contributed by atoms with E-state index in [-0.39, 0.29) is 5.97 Å². The fraction of sp³-hybridized carbons (Fsp3) is 0.929. The van der Waals surface area contributed by atoms with E-state index in [1.807, 2.05) is 0 Å². The fourth-order valence-corrected chi connectivity index (χ4v) is 2.53. The average molecular weight is 256 g/mol. The molecule has 4 nitrogen and oxygen atoms in total. The largest absolute Gasteiger partial charge is 0.468 e. The second-order valence-corrected chi connectivity index (χ2v) is 5.78. The molecule has 1 heterocycles. The molecule has 0 spiro atoms. The molecule has 1 N–H and O–H groups in total. The molecule has 0 aliphatic carbocycles. The van der Waals surface area contributed by atoms with Gasteiger partial charge in [-0.15, -0.1) is 0 Å². The maximum Gasteiger partial charge on any atom is 0.319 e. The Morgan fingerprint density at radius 2 is 2.17 bits per heavy atom. The van der Waals surface area contributed by atoms with Crippen molar-refractivity contribution in [1.29, 1.82) is 0 Å². The number of ether oxygens (including phenoxy) is 1. The van der Waals surface area contributed by atoms with Gasteiger partial charge < -0.3 is 10.1 Å². The summed E-state index contributed by atoms with van der Waals surface area (Å²) < 4.78 is 4.75. The van der Waals surface area contributed by atoms with Gasteiger partial charge in [-0.3, -0.25) is 9.69 Å². The van der Waals surface area contributed by atoms with Crippen molar-refractivity contribution in [3.8, 4) is 0 Å². The molecule has 1 fully saturated rings. The van der Waals surface area contributed by atoms with Gasteiger partial charge in [0.25, 0.3) is 0 Å². The van der Waals surface area contributed by atoms with Gasteiger partial charge in [0, 0.05) is 19.1 Å². The summed E-state index contributed by atoms with van der Waals surface area (Å²) in [6.45, 7) is 10.1. The predicted octanol–water partition coefficient (Wildman–Crippen LogP) is 1.51. The van der Waals surface area contributed by atoms with Crippen LogP contribution in [-0.4, -0.2) is 50.2 Å². The minimum absolute atomic E-state index is 0.130. The Morgan fingerprint density at radius 3 is 2.72 bits per heavy atom. The summed E-state index contributed by atoms with van der Waals surface area (Å²) >= 11 is 0. The van der Waals surface area contributed by atoms with Crippen molar-refractivity contribution in [3.05, 3.63) is 0 Å². The smallest absolute Gasteiger partial charge is 0.319 e. The Balaban J connectivity index is 2.46. The molecule has 18 heavy (non-hydrogen) atoms. The maximum absolute atomic E-state index is 11.4. The van der Waals surface area contributed by atoms with Crippen LogP contribution in [0.1, 0.15) is 33.6 Å². The number of nitrogens with zero attached hydrogens (tertiary/aromatic N) is 1. The molecule has 0 radical (unpaired) electrons. The van der Waals surface area contributed by atoms with Gasteiger partial charge in [0.05, 0.1) is 13.7 Å². The molecule has 0 aromatic heterocycles. The fourth-order valence-electron chi connectivity index (χ4n) is 2.53. The lowest BCUT2D eigenvalue weighted by atomic mass is 9.92. The molecule has 2 unspecified atom stereocenters. The highest BCUT2D eigenvalue weighted by atomic mass is 16.5. The molecule has 1 saturated heterocycles. The number of carbonyl (C=O) groups excluding carboxylic acids is 1. The molecule has 0 saturated carbocycles. The van der Waals surface area contributed by atoms with Crippen LogP contribution in [0, 0.1) is 11.8 Å². The second kappa shape index (κ2) is 7.74. The molecule has 1 rings (SSSR count). The van der Waals surface area contributed by atoms with E-state index in [2.05, 4.69) is 31.0 Å². The Bertz CT molecular complexity index is 256. The Kier molecular flexibility index (Phi) is 6.65. The van der Waals surface area contributed by atoms with Crippen LogP contribution in [0.5, 0.6) is 0 Å². The number of methoxy groups -OCH3 is 1. The summed E-state index contributed by atoms with van der Waals surface area (Å²) in [6, 6.07) is 0.510. The molecular weight excluding hydrogens is 228 g/mol. The highest BCUT2D eigenvalue weighted by molar-refractivity contribution is 5.71. The molecule has 0 aromatic rings. The molecule has 1 aliphatic rings. The predicted molar refractivity (Wildman–Crippen MR) is 73.5 cm³/mol. The zero-order valence-corrected chi connectivity index (χ0v) is 12.2. The molecule has 1 aliphatic heterocycles.